The number of nitrogens with zero attached hydrogens (tertiary/aromatic N) is 1. The molecular weight excluding hydrogens is 752 g/mol. The average molecular weight is 819 g/mol. The lowest BCUT2D eigenvalue weighted by Crippen LogP contribution is -2.58. The molecule has 1 aromatic rings. The number of aliphatic carboxylic acids is 2. The van der Waals surface area contributed by atoms with Gasteiger partial charge in [0.25, 0.3) is 0 Å². The number of nitrogens with two attached hydrogens (primary N) is 3. The summed E-state index contributed by atoms with van der Waals surface area (Å²) in [6.45, 7) is 9.19. The average Bonchev–Trinajstić information content (AvgIpc) is 3.15. The predicted molar refractivity (Wildman–Crippen MR) is 219 cm³/mol. The topological polar surface area (TPSA) is 323 Å². The second-order valence-electron chi connectivity index (χ2n) is 15.1. The van der Waals surface area contributed by atoms with Crippen LogP contribution in [-0.2, 0) is 40.0 Å². The molecule has 58 heavy (non-hydrogen) atoms. The number of rotatable bonds is 29. The van der Waals surface area contributed by atoms with E-state index in [-0.39, 0.29) is 43.6 Å². The van der Waals surface area contributed by atoms with Crippen LogP contribution in [0.2, 0.25) is 0 Å². The molecule has 0 unspecified atom stereocenters. The standard InChI is InChI=1S/C39H66N10O9/c1-6-7-15-29(38(57)58)47-31(50)22-45-35(54)28(16-17-32(51)52)48-36(55)30(20-25-12-9-8-10-13-25)44-21-26(19-23(2)3)46-37(56)33(24(4)5)49-34(53)27(40)14-11-18-43-39(41)42/h8-10,12-13,23-24,26-30,33,44H,6-7,11,14-22,40H2,1-5H3,(H,45,54)(H,46,56)(H,47,50)(H,48,55)(H,49,53)(H,51,52)(H,57,58)(H4,41,42,43)/t26-,27-,28-,29-,30-,33-/m0/s1. The molecule has 0 radical (unpaired) electrons. The van der Waals surface area contributed by atoms with Crippen molar-refractivity contribution in [3.05, 3.63) is 35.9 Å². The highest BCUT2D eigenvalue weighted by molar-refractivity contribution is 5.93. The summed E-state index contributed by atoms with van der Waals surface area (Å²) in [7, 11) is 0. The smallest absolute Gasteiger partial charge is 0.326 e. The molecule has 0 fully saturated rings. The van der Waals surface area contributed by atoms with Crippen LogP contribution in [0, 0.1) is 11.8 Å². The van der Waals surface area contributed by atoms with E-state index in [2.05, 4.69) is 36.9 Å². The van der Waals surface area contributed by atoms with Gasteiger partial charge in [0.2, 0.25) is 29.5 Å². The Balaban J connectivity index is 3.18. The first-order chi connectivity index (χ1) is 27.3. The van der Waals surface area contributed by atoms with Gasteiger partial charge in [0.15, 0.2) is 5.96 Å². The number of amides is 5. The zero-order valence-electron chi connectivity index (χ0n) is 34.4. The Bertz CT molecular complexity index is 1510. The number of carbonyl (C=O) groups excluding carboxylic acids is 5. The van der Waals surface area contributed by atoms with Crippen molar-refractivity contribution in [1.82, 2.24) is 31.9 Å². The highest BCUT2D eigenvalue weighted by Crippen LogP contribution is 2.11. The Hall–Kier alpha value is -5.30. The fraction of sp³-hybridized carbons (Fsp3) is 0.641. The van der Waals surface area contributed by atoms with Gasteiger partial charge in [-0.25, -0.2) is 4.79 Å². The molecule has 1 rings (SSSR count). The summed E-state index contributed by atoms with van der Waals surface area (Å²) in [6.07, 6.45) is 2.11. The first-order valence-electron chi connectivity index (χ1n) is 19.8. The van der Waals surface area contributed by atoms with E-state index in [0.29, 0.717) is 38.6 Å². The predicted octanol–water partition coefficient (Wildman–Crippen LogP) is -0.535. The van der Waals surface area contributed by atoms with E-state index in [1.807, 2.05) is 39.0 Å². The Morgan fingerprint density at radius 1 is 0.759 bits per heavy atom. The number of benzene rings is 1. The molecule has 14 N–H and O–H groups in total. The molecule has 0 heterocycles. The second-order valence-corrected chi connectivity index (χ2v) is 15.1. The number of unbranched alkanes of at least 4 members (excludes halogenated alkanes) is 1. The SMILES string of the molecule is CCCC[C@H](NC(=O)CNC(=O)[C@H](CCC(=O)O)NC(=O)[C@H](Cc1ccccc1)NC[C@H](CC(C)C)NC(=O)[C@@H](NC(=O)[C@@H](N)CCCN=C(N)N)C(C)C)C(=O)O. The van der Waals surface area contributed by atoms with Crippen LogP contribution in [0.25, 0.3) is 0 Å². The maximum atomic E-state index is 13.9. The van der Waals surface area contributed by atoms with Crippen LogP contribution in [0.15, 0.2) is 35.3 Å². The summed E-state index contributed by atoms with van der Waals surface area (Å²) < 4.78 is 0. The molecule has 1 aromatic carbocycles. The highest BCUT2D eigenvalue weighted by Gasteiger charge is 2.31. The Morgan fingerprint density at radius 3 is 2.00 bits per heavy atom. The van der Waals surface area contributed by atoms with Crippen LogP contribution in [0.1, 0.15) is 91.5 Å². The molecule has 6 atom stereocenters. The molecule has 0 aliphatic heterocycles. The molecule has 0 spiro atoms. The largest absolute Gasteiger partial charge is 0.481 e. The van der Waals surface area contributed by atoms with E-state index >= 15 is 0 Å². The van der Waals surface area contributed by atoms with Crippen molar-refractivity contribution in [1.29, 1.82) is 0 Å². The minimum atomic E-state index is -1.36. The lowest BCUT2D eigenvalue weighted by Gasteiger charge is -2.29. The van der Waals surface area contributed by atoms with Gasteiger partial charge in [-0.1, -0.05) is 77.8 Å². The minimum Gasteiger partial charge on any atom is -0.481 e. The molecule has 0 aliphatic carbocycles. The molecule has 0 saturated carbocycles. The zero-order valence-corrected chi connectivity index (χ0v) is 34.4. The summed E-state index contributed by atoms with van der Waals surface area (Å²) in [4.78, 5) is 93.3. The Kier molecular flexibility index (Phi) is 23.9. The van der Waals surface area contributed by atoms with Gasteiger partial charge >= 0.3 is 11.9 Å². The molecule has 326 valence electrons. The fourth-order valence-electron chi connectivity index (χ4n) is 5.90. The van der Waals surface area contributed by atoms with Crippen molar-refractivity contribution in [2.75, 3.05) is 19.6 Å². The molecule has 0 aromatic heterocycles. The first-order valence-corrected chi connectivity index (χ1v) is 19.8. The quantitative estimate of drug-likeness (QED) is 0.0275. The number of carboxylic acids is 2. The van der Waals surface area contributed by atoms with Gasteiger partial charge in [-0.05, 0) is 55.9 Å². The van der Waals surface area contributed by atoms with Gasteiger partial charge in [-0.2, -0.15) is 0 Å². The van der Waals surface area contributed by atoms with Gasteiger partial charge in [0.05, 0.1) is 18.6 Å². The van der Waals surface area contributed by atoms with Crippen LogP contribution in [0.4, 0.5) is 0 Å². The maximum absolute atomic E-state index is 13.9. The van der Waals surface area contributed by atoms with E-state index in [4.69, 9.17) is 17.2 Å². The van der Waals surface area contributed by atoms with E-state index in [9.17, 15) is 43.8 Å². The van der Waals surface area contributed by atoms with Gasteiger partial charge in [-0.15, -0.1) is 0 Å². The summed E-state index contributed by atoms with van der Waals surface area (Å²) >= 11 is 0. The number of carbonyl (C=O) groups is 7. The Labute approximate surface area is 340 Å². The number of hydrogen-bond donors (Lipinski definition) is 11. The van der Waals surface area contributed by atoms with Crippen molar-refractivity contribution in [2.24, 2.45) is 34.0 Å². The van der Waals surface area contributed by atoms with E-state index in [1.54, 1.807) is 26.0 Å². The van der Waals surface area contributed by atoms with Crippen LogP contribution < -0.4 is 49.1 Å². The molecule has 0 bridgehead atoms. The Morgan fingerprint density at radius 2 is 1.43 bits per heavy atom. The zero-order chi connectivity index (χ0) is 43.8. The normalized spacial score (nSPS) is 14.2. The van der Waals surface area contributed by atoms with Crippen LogP contribution >= 0.6 is 0 Å². The third kappa shape index (κ3) is 21.3. The maximum Gasteiger partial charge on any atom is 0.326 e. The molecule has 19 heteroatoms. The van der Waals surface area contributed by atoms with E-state index < -0.39 is 90.7 Å². The number of nitrogens with one attached hydrogen (secondary N) is 6. The van der Waals surface area contributed by atoms with Crippen molar-refractivity contribution in [3.63, 3.8) is 0 Å². The van der Waals surface area contributed by atoms with Crippen molar-refractivity contribution >= 4 is 47.4 Å². The van der Waals surface area contributed by atoms with Crippen LogP contribution in [-0.4, -0.2) is 114 Å². The highest BCUT2D eigenvalue weighted by atomic mass is 16.4. The molecule has 0 saturated heterocycles. The number of aliphatic imine (C=N–C) groups is 1. The minimum absolute atomic E-state index is 0.0648. The summed E-state index contributed by atoms with van der Waals surface area (Å²) in [6, 6.07) is 3.24. The van der Waals surface area contributed by atoms with Crippen LogP contribution in [0.3, 0.4) is 0 Å². The van der Waals surface area contributed by atoms with E-state index in [1.165, 1.54) is 0 Å². The number of carboxylic acid groups (broad SMARTS) is 2. The van der Waals surface area contributed by atoms with Gasteiger partial charge in [0.1, 0.15) is 18.1 Å². The first kappa shape index (κ1) is 50.7. The monoisotopic (exact) mass is 819 g/mol. The van der Waals surface area contributed by atoms with Crippen molar-refractivity contribution in [2.45, 2.75) is 129 Å². The van der Waals surface area contributed by atoms with Gasteiger partial charge < -0.3 is 59.3 Å². The lowest BCUT2D eigenvalue weighted by atomic mass is 9.99. The third-order valence-electron chi connectivity index (χ3n) is 9.05. The third-order valence-corrected chi connectivity index (χ3v) is 9.05. The van der Waals surface area contributed by atoms with E-state index in [0.717, 1.165) is 5.56 Å². The van der Waals surface area contributed by atoms with Crippen LogP contribution in [0.5, 0.6) is 0 Å². The summed E-state index contributed by atoms with van der Waals surface area (Å²) in [5.41, 5.74) is 17.6. The van der Waals surface area contributed by atoms with Gasteiger partial charge in [0, 0.05) is 25.6 Å². The second kappa shape index (κ2) is 27.4. The summed E-state index contributed by atoms with van der Waals surface area (Å²) in [5, 5.41) is 35.2. The van der Waals surface area contributed by atoms with Gasteiger partial charge in [-0.3, -0.25) is 33.8 Å². The van der Waals surface area contributed by atoms with Crippen molar-refractivity contribution < 1.29 is 43.8 Å². The lowest BCUT2D eigenvalue weighted by molar-refractivity contribution is -0.142. The fourth-order valence-corrected chi connectivity index (χ4v) is 5.90. The molecule has 0 aliphatic rings. The number of hydrogen-bond acceptors (Lipinski definition) is 10. The molecular formula is C39H66N10O9. The molecule has 19 nitrogen and oxygen atoms in total. The number of guanidine groups is 1. The van der Waals surface area contributed by atoms with Crippen molar-refractivity contribution in [3.8, 4) is 0 Å². The summed E-state index contributed by atoms with van der Waals surface area (Å²) in [5.74, 6) is -5.86. The molecule has 5 amide bonds.